The summed E-state index contributed by atoms with van der Waals surface area (Å²) in [5.41, 5.74) is 5.18. The van der Waals surface area contributed by atoms with E-state index < -0.39 is 0 Å². The van der Waals surface area contributed by atoms with Gasteiger partial charge in [-0.3, -0.25) is 0 Å². The molecule has 2 nitrogen and oxygen atoms in total. The monoisotopic (exact) mass is 347 g/mol. The highest BCUT2D eigenvalue weighted by atomic mass is 79.9. The fourth-order valence-corrected chi connectivity index (χ4v) is 2.90. The van der Waals surface area contributed by atoms with Gasteiger partial charge in [0.2, 0.25) is 0 Å². The molecule has 21 heavy (non-hydrogen) atoms. The average Bonchev–Trinajstić information content (AvgIpc) is 2.50. The molecule has 0 spiro atoms. The number of rotatable bonds is 6. The number of methoxy groups -OCH3 is 1. The number of nitrogens with one attached hydrogen (secondary N) is 1. The fourth-order valence-electron chi connectivity index (χ4n) is 2.52. The highest BCUT2D eigenvalue weighted by Crippen LogP contribution is 2.27. The second-order valence-electron chi connectivity index (χ2n) is 5.21. The molecule has 0 radical (unpaired) electrons. The van der Waals surface area contributed by atoms with Crippen molar-refractivity contribution in [3.8, 4) is 0 Å². The number of hydrogen-bond donors (Lipinski definition) is 1. The van der Waals surface area contributed by atoms with Crippen LogP contribution in [0.5, 0.6) is 0 Å². The third kappa shape index (κ3) is 4.16. The number of hydrogen-bond acceptors (Lipinski definition) is 2. The summed E-state index contributed by atoms with van der Waals surface area (Å²) in [7, 11) is 3.74. The zero-order valence-corrected chi connectivity index (χ0v) is 14.4. The van der Waals surface area contributed by atoms with Gasteiger partial charge in [-0.2, -0.15) is 0 Å². The molecule has 1 unspecified atom stereocenters. The molecule has 0 saturated heterocycles. The van der Waals surface area contributed by atoms with Crippen LogP contribution in [0.25, 0.3) is 0 Å². The standard InChI is InChI=1S/C18H22BrNO/c1-13-4-9-16(19)12-17(13)18(20-2)15-7-5-14(6-8-15)10-11-21-3/h4-9,12,18,20H,10-11H2,1-3H3. The molecule has 0 aliphatic carbocycles. The lowest BCUT2D eigenvalue weighted by molar-refractivity contribution is 0.202. The molecule has 0 saturated carbocycles. The van der Waals surface area contributed by atoms with Crippen molar-refractivity contribution in [2.75, 3.05) is 20.8 Å². The molecule has 0 aliphatic rings. The van der Waals surface area contributed by atoms with Crippen molar-refractivity contribution in [2.24, 2.45) is 0 Å². The minimum absolute atomic E-state index is 0.207. The summed E-state index contributed by atoms with van der Waals surface area (Å²) >= 11 is 3.56. The van der Waals surface area contributed by atoms with Crippen LogP contribution < -0.4 is 5.32 Å². The summed E-state index contributed by atoms with van der Waals surface area (Å²) in [6, 6.07) is 15.4. The van der Waals surface area contributed by atoms with Crippen LogP contribution in [0, 0.1) is 6.92 Å². The van der Waals surface area contributed by atoms with Crippen molar-refractivity contribution >= 4 is 15.9 Å². The van der Waals surface area contributed by atoms with Crippen molar-refractivity contribution in [2.45, 2.75) is 19.4 Å². The van der Waals surface area contributed by atoms with Gasteiger partial charge in [-0.1, -0.05) is 46.3 Å². The third-order valence-electron chi connectivity index (χ3n) is 3.75. The summed E-state index contributed by atoms with van der Waals surface area (Å²) in [6.07, 6.45) is 0.955. The Labute approximate surface area is 135 Å². The Morgan fingerprint density at radius 1 is 1.14 bits per heavy atom. The van der Waals surface area contributed by atoms with Gasteiger partial charge in [-0.05, 0) is 54.8 Å². The first-order chi connectivity index (χ1) is 10.2. The van der Waals surface area contributed by atoms with Crippen LogP contribution in [0.4, 0.5) is 0 Å². The van der Waals surface area contributed by atoms with Crippen molar-refractivity contribution < 1.29 is 4.74 Å². The van der Waals surface area contributed by atoms with Crippen LogP contribution in [-0.4, -0.2) is 20.8 Å². The molecule has 0 bridgehead atoms. The maximum absolute atomic E-state index is 5.13. The summed E-state index contributed by atoms with van der Waals surface area (Å²) in [4.78, 5) is 0. The second kappa shape index (κ2) is 7.74. The van der Waals surface area contributed by atoms with Gasteiger partial charge in [0.15, 0.2) is 0 Å². The van der Waals surface area contributed by atoms with Gasteiger partial charge >= 0.3 is 0 Å². The molecule has 2 aromatic rings. The van der Waals surface area contributed by atoms with Crippen molar-refractivity contribution in [1.82, 2.24) is 5.32 Å². The van der Waals surface area contributed by atoms with Crippen LogP contribution in [0.15, 0.2) is 46.9 Å². The van der Waals surface area contributed by atoms with Gasteiger partial charge in [0.25, 0.3) is 0 Å². The molecule has 1 N–H and O–H groups in total. The van der Waals surface area contributed by atoms with E-state index in [9.17, 15) is 0 Å². The van der Waals surface area contributed by atoms with Crippen LogP contribution in [0.2, 0.25) is 0 Å². The van der Waals surface area contributed by atoms with Gasteiger partial charge in [-0.15, -0.1) is 0 Å². The lowest BCUT2D eigenvalue weighted by Gasteiger charge is -2.20. The summed E-state index contributed by atoms with van der Waals surface area (Å²) < 4.78 is 6.24. The second-order valence-corrected chi connectivity index (χ2v) is 6.12. The van der Waals surface area contributed by atoms with E-state index in [1.54, 1.807) is 7.11 Å². The quantitative estimate of drug-likeness (QED) is 0.842. The Balaban J connectivity index is 2.26. The van der Waals surface area contributed by atoms with E-state index in [-0.39, 0.29) is 6.04 Å². The summed E-state index contributed by atoms with van der Waals surface area (Å²) in [5, 5.41) is 3.42. The molecule has 0 fully saturated rings. The highest BCUT2D eigenvalue weighted by Gasteiger charge is 2.14. The molecule has 0 amide bonds. The Hall–Kier alpha value is -1.16. The van der Waals surface area contributed by atoms with Crippen molar-refractivity contribution in [1.29, 1.82) is 0 Å². The van der Waals surface area contributed by atoms with Crippen molar-refractivity contribution in [3.63, 3.8) is 0 Å². The smallest absolute Gasteiger partial charge is 0.0577 e. The van der Waals surface area contributed by atoms with E-state index >= 15 is 0 Å². The first-order valence-corrected chi connectivity index (χ1v) is 7.96. The Kier molecular flexibility index (Phi) is 5.97. The maximum atomic E-state index is 5.13. The molecule has 0 heterocycles. The van der Waals surface area contributed by atoms with E-state index in [1.165, 1.54) is 22.3 Å². The van der Waals surface area contributed by atoms with Gasteiger partial charge in [0.05, 0.1) is 12.6 Å². The van der Waals surface area contributed by atoms with E-state index in [4.69, 9.17) is 4.74 Å². The van der Waals surface area contributed by atoms with E-state index in [1.807, 2.05) is 7.05 Å². The van der Waals surface area contributed by atoms with Gasteiger partial charge in [0.1, 0.15) is 0 Å². The average molecular weight is 348 g/mol. The molecule has 112 valence electrons. The largest absolute Gasteiger partial charge is 0.384 e. The topological polar surface area (TPSA) is 21.3 Å². The zero-order chi connectivity index (χ0) is 15.2. The van der Waals surface area contributed by atoms with Crippen molar-refractivity contribution in [3.05, 3.63) is 69.2 Å². The Morgan fingerprint density at radius 3 is 2.48 bits per heavy atom. The van der Waals surface area contributed by atoms with Crippen LogP contribution in [0.1, 0.15) is 28.3 Å². The molecular formula is C18H22BrNO. The van der Waals surface area contributed by atoms with Crippen LogP contribution in [-0.2, 0) is 11.2 Å². The van der Waals surface area contributed by atoms with Gasteiger partial charge < -0.3 is 10.1 Å². The number of ether oxygens (including phenoxy) is 1. The first-order valence-electron chi connectivity index (χ1n) is 7.16. The normalized spacial score (nSPS) is 12.4. The molecule has 1 atom stereocenters. The zero-order valence-electron chi connectivity index (χ0n) is 12.8. The van der Waals surface area contributed by atoms with Crippen LogP contribution in [0.3, 0.4) is 0 Å². The SMILES string of the molecule is CNC(c1ccc(CCOC)cc1)c1cc(Br)ccc1C. The molecule has 3 heteroatoms. The predicted molar refractivity (Wildman–Crippen MR) is 91.8 cm³/mol. The summed E-state index contributed by atoms with van der Waals surface area (Å²) in [5.74, 6) is 0. The lowest BCUT2D eigenvalue weighted by Crippen LogP contribution is -2.18. The Bertz CT molecular complexity index is 580. The highest BCUT2D eigenvalue weighted by molar-refractivity contribution is 9.10. The number of aryl methyl sites for hydroxylation is 1. The minimum Gasteiger partial charge on any atom is -0.384 e. The van der Waals surface area contributed by atoms with Crippen LogP contribution >= 0.6 is 15.9 Å². The molecule has 2 aromatic carbocycles. The first kappa shape index (κ1) is 16.2. The fraction of sp³-hybridized carbons (Fsp3) is 0.333. The van der Waals surface area contributed by atoms with Gasteiger partial charge in [-0.25, -0.2) is 0 Å². The van der Waals surface area contributed by atoms with E-state index in [0.29, 0.717) is 0 Å². The minimum atomic E-state index is 0.207. The Morgan fingerprint density at radius 2 is 1.86 bits per heavy atom. The predicted octanol–water partition coefficient (Wildman–Crippen LogP) is 4.26. The van der Waals surface area contributed by atoms with E-state index in [0.717, 1.165) is 17.5 Å². The number of benzene rings is 2. The maximum Gasteiger partial charge on any atom is 0.0577 e. The van der Waals surface area contributed by atoms with E-state index in [2.05, 4.69) is 70.6 Å². The lowest BCUT2D eigenvalue weighted by atomic mass is 9.94. The number of halogens is 1. The third-order valence-corrected chi connectivity index (χ3v) is 4.24. The molecule has 0 aliphatic heterocycles. The molecular weight excluding hydrogens is 326 g/mol. The van der Waals surface area contributed by atoms with Gasteiger partial charge in [0, 0.05) is 11.6 Å². The molecule has 2 rings (SSSR count). The molecule has 0 aromatic heterocycles. The summed E-state index contributed by atoms with van der Waals surface area (Å²) in [6.45, 7) is 2.92.